The second-order valence-electron chi connectivity index (χ2n) is 7.26. The maximum Gasteiger partial charge on any atom is 0.339 e. The van der Waals surface area contributed by atoms with Crippen molar-refractivity contribution in [2.75, 3.05) is 13.2 Å². The Balaban J connectivity index is 1.84. The van der Waals surface area contributed by atoms with Crippen LogP contribution in [0.1, 0.15) is 87.4 Å². The number of esters is 1. The highest BCUT2D eigenvalue weighted by Crippen LogP contribution is 2.18. The van der Waals surface area contributed by atoms with Crippen LogP contribution in [0.2, 0.25) is 0 Å². The minimum atomic E-state index is -0.949. The predicted molar refractivity (Wildman–Crippen MR) is 115 cm³/mol. The van der Waals surface area contributed by atoms with Crippen LogP contribution in [-0.2, 0) is 9.53 Å². The number of ether oxygens (including phenoxy) is 2. The van der Waals surface area contributed by atoms with Gasteiger partial charge in [-0.15, -0.1) is 0 Å². The molecule has 0 aliphatic heterocycles. The van der Waals surface area contributed by atoms with Crippen molar-refractivity contribution in [3.8, 4) is 5.75 Å². The van der Waals surface area contributed by atoms with Crippen molar-refractivity contribution in [3.63, 3.8) is 0 Å². The molecule has 1 aromatic carbocycles. The van der Waals surface area contributed by atoms with Gasteiger partial charge in [0.15, 0.2) is 0 Å². The molecule has 0 heterocycles. The molecule has 0 aliphatic rings. The first kappa shape index (κ1) is 24.7. The van der Waals surface area contributed by atoms with Gasteiger partial charge < -0.3 is 14.6 Å². The number of carboxylic acid groups (broad SMARTS) is 1. The summed E-state index contributed by atoms with van der Waals surface area (Å²) in [6, 6.07) is 6.78. The molecule has 0 saturated heterocycles. The summed E-state index contributed by atoms with van der Waals surface area (Å²) in [5.74, 6) is -0.826. The number of hydrogen-bond donors (Lipinski definition) is 1. The number of benzene rings is 1. The zero-order valence-electron chi connectivity index (χ0n) is 17.6. The van der Waals surface area contributed by atoms with Crippen molar-refractivity contribution in [2.24, 2.45) is 0 Å². The quantitative estimate of drug-likeness (QED) is 0.180. The summed E-state index contributed by atoms with van der Waals surface area (Å²) < 4.78 is 10.6. The minimum Gasteiger partial charge on any atom is -0.493 e. The molecule has 5 heteroatoms. The van der Waals surface area contributed by atoms with Gasteiger partial charge in [-0.25, -0.2) is 9.59 Å². The summed E-state index contributed by atoms with van der Waals surface area (Å²) in [6.45, 7) is 4.44. The standard InChI is InChI=1S/C24H36O5/c1-2-23(25)29-20-16-12-10-8-6-4-3-5-7-9-11-15-19-28-22-18-14-13-17-21(22)24(26)27/h2,13-14,17-18H,1,3-12,15-16,19-20H2,(H,26,27). The van der Waals surface area contributed by atoms with E-state index in [4.69, 9.17) is 14.6 Å². The van der Waals surface area contributed by atoms with Gasteiger partial charge in [0, 0.05) is 6.08 Å². The second kappa shape index (κ2) is 16.6. The molecular weight excluding hydrogens is 368 g/mol. The fourth-order valence-corrected chi connectivity index (χ4v) is 3.15. The van der Waals surface area contributed by atoms with Gasteiger partial charge in [-0.3, -0.25) is 0 Å². The van der Waals surface area contributed by atoms with E-state index in [0.29, 0.717) is 19.0 Å². The number of rotatable bonds is 18. The molecule has 0 spiro atoms. The molecule has 0 unspecified atom stereocenters. The maximum atomic E-state index is 11.1. The van der Waals surface area contributed by atoms with Crippen LogP contribution in [0.25, 0.3) is 0 Å². The summed E-state index contributed by atoms with van der Waals surface area (Å²) in [4.78, 5) is 22.0. The van der Waals surface area contributed by atoms with E-state index in [1.165, 1.54) is 57.4 Å². The summed E-state index contributed by atoms with van der Waals surface area (Å²) in [7, 11) is 0. The number of hydrogen-bond acceptors (Lipinski definition) is 4. The zero-order chi connectivity index (χ0) is 21.2. The molecule has 0 fully saturated rings. The van der Waals surface area contributed by atoms with Gasteiger partial charge in [-0.2, -0.15) is 0 Å². The maximum absolute atomic E-state index is 11.1. The van der Waals surface area contributed by atoms with Crippen LogP contribution in [0.3, 0.4) is 0 Å². The van der Waals surface area contributed by atoms with Crippen molar-refractivity contribution >= 4 is 11.9 Å². The Morgan fingerprint density at radius 3 is 1.79 bits per heavy atom. The van der Waals surface area contributed by atoms with Crippen molar-refractivity contribution in [2.45, 2.75) is 77.0 Å². The second-order valence-corrected chi connectivity index (χ2v) is 7.26. The summed E-state index contributed by atoms with van der Waals surface area (Å²) >= 11 is 0. The van der Waals surface area contributed by atoms with Gasteiger partial charge in [0.1, 0.15) is 11.3 Å². The predicted octanol–water partition coefficient (Wildman–Crippen LogP) is 6.17. The number of aromatic carboxylic acids is 1. The van der Waals surface area contributed by atoms with Gasteiger partial charge in [0.05, 0.1) is 13.2 Å². The Bertz CT molecular complexity index is 597. The third-order valence-electron chi connectivity index (χ3n) is 4.82. The Morgan fingerprint density at radius 2 is 1.28 bits per heavy atom. The van der Waals surface area contributed by atoms with Crippen LogP contribution in [0.4, 0.5) is 0 Å². The summed E-state index contributed by atoms with van der Waals surface area (Å²) in [5.41, 5.74) is 0.226. The third-order valence-corrected chi connectivity index (χ3v) is 4.82. The number of carbonyl (C=O) groups excluding carboxylic acids is 1. The molecular formula is C24H36O5. The van der Waals surface area contributed by atoms with E-state index >= 15 is 0 Å². The van der Waals surface area contributed by atoms with Crippen LogP contribution < -0.4 is 4.74 Å². The van der Waals surface area contributed by atoms with E-state index in [2.05, 4.69) is 6.58 Å². The van der Waals surface area contributed by atoms with Gasteiger partial charge in [0.2, 0.25) is 0 Å². The first-order chi connectivity index (χ1) is 14.1. The van der Waals surface area contributed by atoms with Crippen LogP contribution in [-0.4, -0.2) is 30.3 Å². The molecule has 0 aliphatic carbocycles. The van der Waals surface area contributed by atoms with E-state index < -0.39 is 5.97 Å². The largest absolute Gasteiger partial charge is 0.493 e. The highest BCUT2D eigenvalue weighted by atomic mass is 16.5. The lowest BCUT2D eigenvalue weighted by Crippen LogP contribution is -2.04. The van der Waals surface area contributed by atoms with Crippen LogP contribution in [0, 0.1) is 0 Å². The fraction of sp³-hybridized carbons (Fsp3) is 0.583. The smallest absolute Gasteiger partial charge is 0.339 e. The highest BCUT2D eigenvalue weighted by molar-refractivity contribution is 5.90. The van der Waals surface area contributed by atoms with E-state index in [1.807, 2.05) is 0 Å². The highest BCUT2D eigenvalue weighted by Gasteiger charge is 2.09. The molecule has 29 heavy (non-hydrogen) atoms. The molecule has 0 atom stereocenters. The topological polar surface area (TPSA) is 72.8 Å². The molecule has 0 aromatic heterocycles. The summed E-state index contributed by atoms with van der Waals surface area (Å²) in [5, 5.41) is 9.12. The van der Waals surface area contributed by atoms with Gasteiger partial charge in [-0.05, 0) is 25.0 Å². The average Bonchev–Trinajstić information content (AvgIpc) is 2.73. The van der Waals surface area contributed by atoms with Crippen LogP contribution in [0.15, 0.2) is 36.9 Å². The minimum absolute atomic E-state index is 0.226. The molecule has 0 radical (unpaired) electrons. The van der Waals surface area contributed by atoms with Gasteiger partial charge in [-0.1, -0.05) is 82.9 Å². The van der Waals surface area contributed by atoms with Crippen molar-refractivity contribution in [1.29, 1.82) is 0 Å². The molecule has 162 valence electrons. The number of carbonyl (C=O) groups is 2. The van der Waals surface area contributed by atoms with Crippen molar-refractivity contribution in [3.05, 3.63) is 42.5 Å². The number of carboxylic acids is 1. The lowest BCUT2D eigenvalue weighted by Gasteiger charge is -2.08. The van der Waals surface area contributed by atoms with E-state index in [1.54, 1.807) is 24.3 Å². The van der Waals surface area contributed by atoms with E-state index in [0.717, 1.165) is 25.7 Å². The van der Waals surface area contributed by atoms with Gasteiger partial charge >= 0.3 is 11.9 Å². The molecule has 5 nitrogen and oxygen atoms in total. The van der Waals surface area contributed by atoms with Crippen LogP contribution >= 0.6 is 0 Å². The van der Waals surface area contributed by atoms with Crippen molar-refractivity contribution < 1.29 is 24.2 Å². The Kier molecular flexibility index (Phi) is 14.2. The molecule has 0 saturated carbocycles. The third kappa shape index (κ3) is 12.7. The lowest BCUT2D eigenvalue weighted by molar-refractivity contribution is -0.137. The molecule has 1 N–H and O–H groups in total. The van der Waals surface area contributed by atoms with Gasteiger partial charge in [0.25, 0.3) is 0 Å². The molecule has 1 aromatic rings. The number of unbranched alkanes of at least 4 members (excludes halogenated alkanes) is 11. The Labute approximate surface area is 175 Å². The van der Waals surface area contributed by atoms with Crippen molar-refractivity contribution in [1.82, 2.24) is 0 Å². The Morgan fingerprint density at radius 1 is 0.793 bits per heavy atom. The fourth-order valence-electron chi connectivity index (χ4n) is 3.15. The molecule has 0 bridgehead atoms. The first-order valence-corrected chi connectivity index (χ1v) is 10.9. The number of para-hydroxylation sites is 1. The van der Waals surface area contributed by atoms with Crippen LogP contribution in [0.5, 0.6) is 5.75 Å². The van der Waals surface area contributed by atoms with E-state index in [-0.39, 0.29) is 11.5 Å². The lowest BCUT2D eigenvalue weighted by atomic mass is 10.1. The zero-order valence-corrected chi connectivity index (χ0v) is 17.6. The average molecular weight is 405 g/mol. The van der Waals surface area contributed by atoms with E-state index in [9.17, 15) is 9.59 Å². The monoisotopic (exact) mass is 404 g/mol. The molecule has 0 amide bonds. The summed E-state index contributed by atoms with van der Waals surface area (Å²) in [6.07, 6.45) is 15.4. The Hall–Kier alpha value is -2.30. The normalized spacial score (nSPS) is 10.5. The SMILES string of the molecule is C=CC(=O)OCCCCCCCCCCCCCCOc1ccccc1C(=O)O. The molecule has 1 rings (SSSR count). The first-order valence-electron chi connectivity index (χ1n) is 10.9.